The lowest BCUT2D eigenvalue weighted by atomic mass is 10.2. The predicted octanol–water partition coefficient (Wildman–Crippen LogP) is 1.86. The molecule has 21 heavy (non-hydrogen) atoms. The lowest BCUT2D eigenvalue weighted by Crippen LogP contribution is -2.49. The molecule has 3 amide bonds. The Morgan fingerprint density at radius 2 is 1.90 bits per heavy atom. The Kier molecular flexibility index (Phi) is 6.61. The van der Waals surface area contributed by atoms with E-state index in [0.29, 0.717) is 6.54 Å². The van der Waals surface area contributed by atoms with Crippen LogP contribution in [0.15, 0.2) is 0 Å². The van der Waals surface area contributed by atoms with Crippen LogP contribution in [0.2, 0.25) is 0 Å². The zero-order chi connectivity index (χ0) is 16.0. The molecular weight excluding hydrogens is 288 g/mol. The summed E-state index contributed by atoms with van der Waals surface area (Å²) in [6, 6.07) is -0.836. The van der Waals surface area contributed by atoms with Crippen LogP contribution in [-0.2, 0) is 11.3 Å². The first-order valence-corrected chi connectivity index (χ1v) is 7.92. The predicted molar refractivity (Wildman–Crippen MR) is 84.3 cm³/mol. The van der Waals surface area contributed by atoms with E-state index in [1.807, 2.05) is 27.7 Å². The van der Waals surface area contributed by atoms with Crippen LogP contribution in [0.25, 0.3) is 0 Å². The molecule has 118 valence electrons. The van der Waals surface area contributed by atoms with Crippen LogP contribution < -0.4 is 16.0 Å². The number of urea groups is 1. The number of hydrogen-bond donors (Lipinski definition) is 3. The van der Waals surface area contributed by atoms with E-state index in [9.17, 15) is 9.59 Å². The van der Waals surface area contributed by atoms with E-state index in [1.54, 1.807) is 18.3 Å². The lowest BCUT2D eigenvalue weighted by Gasteiger charge is -2.17. The van der Waals surface area contributed by atoms with Crippen LogP contribution in [0.4, 0.5) is 4.79 Å². The summed E-state index contributed by atoms with van der Waals surface area (Å²) in [6.07, 6.45) is 0.855. The first kappa shape index (κ1) is 17.4. The Bertz CT molecular complexity index is 482. The average molecular weight is 312 g/mol. The minimum absolute atomic E-state index is 0.103. The first-order valence-electron chi connectivity index (χ1n) is 7.11. The van der Waals surface area contributed by atoms with E-state index < -0.39 is 6.04 Å². The zero-order valence-corrected chi connectivity index (χ0v) is 14.1. The number of amides is 3. The van der Waals surface area contributed by atoms with Gasteiger partial charge >= 0.3 is 6.03 Å². The van der Waals surface area contributed by atoms with Crippen molar-refractivity contribution >= 4 is 23.3 Å². The fourth-order valence-corrected chi connectivity index (χ4v) is 2.43. The normalized spacial score (nSPS) is 13.4. The van der Waals surface area contributed by atoms with Gasteiger partial charge < -0.3 is 16.0 Å². The van der Waals surface area contributed by atoms with Gasteiger partial charge in [-0.05, 0) is 34.1 Å². The molecule has 2 atom stereocenters. The molecule has 6 nitrogen and oxygen atoms in total. The number of carbonyl (C=O) groups excluding carboxylic acids is 2. The second-order valence-electron chi connectivity index (χ2n) is 5.12. The third kappa shape index (κ3) is 5.71. The largest absolute Gasteiger partial charge is 0.352 e. The van der Waals surface area contributed by atoms with Crippen LogP contribution in [0.3, 0.4) is 0 Å². The highest BCUT2D eigenvalue weighted by molar-refractivity contribution is 7.11. The minimum Gasteiger partial charge on any atom is -0.352 e. The van der Waals surface area contributed by atoms with E-state index in [4.69, 9.17) is 0 Å². The van der Waals surface area contributed by atoms with Gasteiger partial charge in [0.25, 0.3) is 0 Å². The number of hydrogen-bond acceptors (Lipinski definition) is 4. The highest BCUT2D eigenvalue weighted by Gasteiger charge is 2.16. The minimum atomic E-state index is -0.571. The van der Waals surface area contributed by atoms with Crippen molar-refractivity contribution in [1.29, 1.82) is 0 Å². The second-order valence-corrected chi connectivity index (χ2v) is 6.40. The maximum atomic E-state index is 11.8. The third-order valence-electron chi connectivity index (χ3n) is 3.21. The van der Waals surface area contributed by atoms with Crippen molar-refractivity contribution in [2.75, 3.05) is 0 Å². The highest BCUT2D eigenvalue weighted by atomic mass is 32.1. The summed E-state index contributed by atoms with van der Waals surface area (Å²) >= 11 is 1.56. The Hall–Kier alpha value is -1.63. The molecule has 0 fully saturated rings. The van der Waals surface area contributed by atoms with Gasteiger partial charge in [0.1, 0.15) is 11.0 Å². The van der Waals surface area contributed by atoms with Crippen LogP contribution in [0, 0.1) is 13.8 Å². The maximum Gasteiger partial charge on any atom is 0.315 e. The molecule has 0 aliphatic heterocycles. The number of nitrogens with zero attached hydrogens (tertiary/aromatic N) is 1. The number of aryl methyl sites for hydroxylation is 2. The first-order chi connectivity index (χ1) is 9.83. The molecule has 7 heteroatoms. The van der Waals surface area contributed by atoms with Crippen molar-refractivity contribution in [3.8, 4) is 0 Å². The summed E-state index contributed by atoms with van der Waals surface area (Å²) < 4.78 is 0. The standard InChI is InChI=1S/C14H24N4O2S/c1-6-8(2)16-13(19)10(4)18-14(20)15-7-12-17-9(3)11(5)21-12/h8,10H,6-7H2,1-5H3,(H,16,19)(H2,15,18,20)/t8-,10+/m0/s1. The van der Waals surface area contributed by atoms with Crippen molar-refractivity contribution in [3.05, 3.63) is 15.6 Å². The van der Waals surface area contributed by atoms with Crippen LogP contribution in [-0.4, -0.2) is 29.0 Å². The van der Waals surface area contributed by atoms with Gasteiger partial charge in [-0.15, -0.1) is 11.3 Å². The van der Waals surface area contributed by atoms with E-state index in [-0.39, 0.29) is 18.0 Å². The average Bonchev–Trinajstić information content (AvgIpc) is 2.75. The summed E-state index contributed by atoms with van der Waals surface area (Å²) in [5.74, 6) is -0.180. The van der Waals surface area contributed by atoms with Gasteiger partial charge in [0.2, 0.25) is 5.91 Å². The van der Waals surface area contributed by atoms with Crippen molar-refractivity contribution in [2.45, 2.75) is 59.7 Å². The van der Waals surface area contributed by atoms with Gasteiger partial charge in [-0.25, -0.2) is 9.78 Å². The smallest absolute Gasteiger partial charge is 0.315 e. The summed E-state index contributed by atoms with van der Waals surface area (Å²) in [7, 11) is 0. The molecule has 0 aliphatic rings. The molecule has 1 aromatic rings. The molecule has 0 aromatic carbocycles. The molecule has 1 aromatic heterocycles. The van der Waals surface area contributed by atoms with Crippen LogP contribution in [0.5, 0.6) is 0 Å². The van der Waals surface area contributed by atoms with Gasteiger partial charge in [0.15, 0.2) is 0 Å². The SMILES string of the molecule is CC[C@H](C)NC(=O)[C@@H](C)NC(=O)NCc1nc(C)c(C)s1. The zero-order valence-electron chi connectivity index (χ0n) is 13.2. The van der Waals surface area contributed by atoms with E-state index >= 15 is 0 Å². The Balaban J connectivity index is 2.37. The van der Waals surface area contributed by atoms with Crippen molar-refractivity contribution in [1.82, 2.24) is 20.9 Å². The molecule has 0 aliphatic carbocycles. The molecule has 1 rings (SSSR count). The van der Waals surface area contributed by atoms with Gasteiger partial charge in [-0.3, -0.25) is 4.79 Å². The molecule has 0 bridgehead atoms. The Labute approximate surface area is 129 Å². The van der Waals surface area contributed by atoms with Crippen LogP contribution >= 0.6 is 11.3 Å². The van der Waals surface area contributed by atoms with Crippen molar-refractivity contribution < 1.29 is 9.59 Å². The number of thiazole rings is 1. The van der Waals surface area contributed by atoms with Gasteiger partial charge in [-0.2, -0.15) is 0 Å². The third-order valence-corrected chi connectivity index (χ3v) is 4.29. The number of nitrogens with one attached hydrogen (secondary N) is 3. The quantitative estimate of drug-likeness (QED) is 0.750. The molecule has 0 saturated heterocycles. The summed E-state index contributed by atoms with van der Waals surface area (Å²) in [4.78, 5) is 29.0. The topological polar surface area (TPSA) is 83.1 Å². The lowest BCUT2D eigenvalue weighted by molar-refractivity contribution is -0.123. The number of carbonyl (C=O) groups is 2. The summed E-state index contributed by atoms with van der Waals surface area (Å²) in [5.41, 5.74) is 0.985. The monoisotopic (exact) mass is 312 g/mol. The van der Waals surface area contributed by atoms with E-state index in [1.165, 1.54) is 0 Å². The molecule has 0 radical (unpaired) electrons. The Morgan fingerprint density at radius 1 is 1.24 bits per heavy atom. The van der Waals surface area contributed by atoms with Gasteiger partial charge in [0, 0.05) is 10.9 Å². The fourth-order valence-electron chi connectivity index (χ4n) is 1.55. The Morgan fingerprint density at radius 3 is 2.43 bits per heavy atom. The molecule has 0 spiro atoms. The van der Waals surface area contributed by atoms with Gasteiger partial charge in [-0.1, -0.05) is 6.92 Å². The number of aromatic nitrogens is 1. The number of rotatable bonds is 6. The second kappa shape index (κ2) is 7.97. The molecule has 3 N–H and O–H groups in total. The van der Waals surface area contributed by atoms with Gasteiger partial charge in [0.05, 0.1) is 12.2 Å². The summed E-state index contributed by atoms with van der Waals surface area (Å²) in [5, 5.41) is 9.01. The van der Waals surface area contributed by atoms with Crippen molar-refractivity contribution in [3.63, 3.8) is 0 Å². The van der Waals surface area contributed by atoms with Crippen LogP contribution in [0.1, 0.15) is 42.8 Å². The highest BCUT2D eigenvalue weighted by Crippen LogP contribution is 2.15. The molecule has 0 unspecified atom stereocenters. The van der Waals surface area contributed by atoms with Crippen molar-refractivity contribution in [2.24, 2.45) is 0 Å². The maximum absolute atomic E-state index is 11.8. The molecule has 1 heterocycles. The molecular formula is C14H24N4O2S. The van der Waals surface area contributed by atoms with E-state index in [0.717, 1.165) is 22.0 Å². The fraction of sp³-hybridized carbons (Fsp3) is 0.643. The molecule has 0 saturated carbocycles. The van der Waals surface area contributed by atoms with E-state index in [2.05, 4.69) is 20.9 Å². The summed E-state index contributed by atoms with van der Waals surface area (Å²) in [6.45, 7) is 9.89.